The Bertz CT molecular complexity index is 1210. The Morgan fingerprint density at radius 3 is 2.65 bits per heavy atom. The molecule has 13 heteroatoms. The predicted molar refractivity (Wildman–Crippen MR) is 119 cm³/mol. The van der Waals surface area contributed by atoms with Gasteiger partial charge in [0.1, 0.15) is 18.1 Å². The second kappa shape index (κ2) is 10.4. The minimum atomic E-state index is -4.69. The van der Waals surface area contributed by atoms with E-state index >= 15 is 0 Å². The fourth-order valence-electron chi connectivity index (χ4n) is 3.17. The fraction of sp³-hybridized carbons (Fsp3) is 0.286. The molecule has 0 saturated heterocycles. The van der Waals surface area contributed by atoms with Crippen molar-refractivity contribution in [2.75, 3.05) is 18.6 Å². The van der Waals surface area contributed by atoms with Crippen molar-refractivity contribution in [3.63, 3.8) is 0 Å². The van der Waals surface area contributed by atoms with Crippen LogP contribution in [0.5, 0.6) is 0 Å². The first-order valence-corrected chi connectivity index (χ1v) is 11.9. The van der Waals surface area contributed by atoms with Gasteiger partial charge in [0.15, 0.2) is 11.6 Å². The van der Waals surface area contributed by atoms with Gasteiger partial charge in [0, 0.05) is 16.8 Å². The molecule has 34 heavy (non-hydrogen) atoms. The predicted octanol–water partition coefficient (Wildman–Crippen LogP) is 3.79. The Balaban J connectivity index is 2.01. The van der Waals surface area contributed by atoms with Gasteiger partial charge in [-0.25, -0.2) is 9.97 Å². The van der Waals surface area contributed by atoms with E-state index in [1.165, 1.54) is 34.4 Å². The number of carbonyl (C=O) groups is 1. The van der Waals surface area contributed by atoms with Crippen LogP contribution in [0.25, 0.3) is 5.82 Å². The van der Waals surface area contributed by atoms with Crippen molar-refractivity contribution in [1.82, 2.24) is 24.6 Å². The standard InChI is InChI=1S/C21H18ClF3N6O2S/c1-13(19-28-12-29-31(19)18-4-3-14(10-26)11-27-18)30(5-6-34(2)33)20(32)15-7-16(21(23,24)25)9-17(22)8-15/h3-4,7-9,11-13H,5-6H2,1-2H3. The van der Waals surface area contributed by atoms with Crippen LogP contribution in [0, 0.1) is 11.3 Å². The first-order chi connectivity index (χ1) is 16.0. The topological polar surface area (TPSA) is 111 Å². The molecule has 2 aromatic heterocycles. The van der Waals surface area contributed by atoms with Crippen LogP contribution in [-0.2, 0) is 17.4 Å². The number of nitrogens with zero attached hydrogens (tertiary/aromatic N) is 6. The highest BCUT2D eigenvalue weighted by molar-refractivity contribution is 7.90. The molecule has 3 aromatic rings. The number of carbonyl (C=O) groups excluding carboxylic acids is 1. The molecule has 2 heterocycles. The molecular formula is C21H18ClF3N6O2S. The zero-order chi connectivity index (χ0) is 25.0. The lowest BCUT2D eigenvalue weighted by Gasteiger charge is -2.29. The quantitative estimate of drug-likeness (QED) is 0.447. The van der Waals surface area contributed by atoms with Gasteiger partial charge >= 0.3 is 6.18 Å². The third-order valence-corrected chi connectivity index (χ3v) is 5.84. The van der Waals surface area contributed by atoms with E-state index in [-0.39, 0.29) is 28.7 Å². The summed E-state index contributed by atoms with van der Waals surface area (Å²) in [4.78, 5) is 23.0. The Kier molecular flexibility index (Phi) is 7.81. The largest absolute Gasteiger partial charge is 0.617 e. The molecule has 1 aromatic carbocycles. The van der Waals surface area contributed by atoms with Crippen LogP contribution in [0.1, 0.15) is 40.3 Å². The maximum absolute atomic E-state index is 13.3. The number of amides is 1. The maximum atomic E-state index is 13.3. The zero-order valence-electron chi connectivity index (χ0n) is 18.0. The molecule has 2 atom stereocenters. The number of benzene rings is 1. The van der Waals surface area contributed by atoms with Gasteiger partial charge in [0.05, 0.1) is 30.0 Å². The molecule has 0 saturated carbocycles. The highest BCUT2D eigenvalue weighted by Gasteiger charge is 2.33. The highest BCUT2D eigenvalue weighted by Crippen LogP contribution is 2.33. The Morgan fingerprint density at radius 2 is 2.06 bits per heavy atom. The molecule has 0 aliphatic carbocycles. The van der Waals surface area contributed by atoms with Crippen molar-refractivity contribution >= 4 is 28.7 Å². The summed E-state index contributed by atoms with van der Waals surface area (Å²) >= 11 is 4.59. The van der Waals surface area contributed by atoms with Crippen LogP contribution in [0.4, 0.5) is 13.2 Å². The van der Waals surface area contributed by atoms with E-state index in [4.69, 9.17) is 16.9 Å². The van der Waals surface area contributed by atoms with E-state index in [1.807, 2.05) is 6.07 Å². The van der Waals surface area contributed by atoms with Crippen molar-refractivity contribution in [2.24, 2.45) is 0 Å². The van der Waals surface area contributed by atoms with Gasteiger partial charge in [-0.1, -0.05) is 22.8 Å². The van der Waals surface area contributed by atoms with E-state index in [2.05, 4.69) is 15.1 Å². The molecule has 8 nitrogen and oxygen atoms in total. The lowest BCUT2D eigenvalue weighted by Crippen LogP contribution is -2.38. The smallest absolute Gasteiger partial charge is 0.416 e. The van der Waals surface area contributed by atoms with E-state index in [0.29, 0.717) is 11.4 Å². The van der Waals surface area contributed by atoms with Crippen molar-refractivity contribution in [3.8, 4) is 11.9 Å². The molecule has 0 aliphatic heterocycles. The van der Waals surface area contributed by atoms with Crippen molar-refractivity contribution in [3.05, 3.63) is 70.4 Å². The molecule has 1 amide bonds. The SMILES string of the molecule is CC(c1ncnn1-c1ccc(C#N)cn1)N(CC[S+](C)[O-])C(=O)c1cc(Cl)cc(C(F)(F)F)c1. The third kappa shape index (κ3) is 5.85. The maximum Gasteiger partial charge on any atom is 0.416 e. The fourth-order valence-corrected chi connectivity index (χ4v) is 3.86. The number of alkyl halides is 3. The summed E-state index contributed by atoms with van der Waals surface area (Å²) in [6, 6.07) is 6.86. The third-order valence-electron chi connectivity index (χ3n) is 4.86. The van der Waals surface area contributed by atoms with Gasteiger partial charge in [-0.15, -0.1) is 0 Å². The summed E-state index contributed by atoms with van der Waals surface area (Å²) in [5.74, 6) is -0.0582. The molecule has 0 aliphatic rings. The monoisotopic (exact) mass is 510 g/mol. The van der Waals surface area contributed by atoms with Crippen molar-refractivity contribution < 1.29 is 22.5 Å². The lowest BCUT2D eigenvalue weighted by molar-refractivity contribution is -0.137. The Hall–Kier alpha value is -3.14. The van der Waals surface area contributed by atoms with E-state index < -0.39 is 34.9 Å². The minimum Gasteiger partial charge on any atom is -0.617 e. The van der Waals surface area contributed by atoms with Gasteiger partial charge in [0.25, 0.3) is 5.91 Å². The van der Waals surface area contributed by atoms with Crippen LogP contribution < -0.4 is 0 Å². The second-order valence-electron chi connectivity index (χ2n) is 7.23. The Morgan fingerprint density at radius 1 is 1.32 bits per heavy atom. The molecule has 2 unspecified atom stereocenters. The van der Waals surface area contributed by atoms with E-state index in [0.717, 1.165) is 18.2 Å². The van der Waals surface area contributed by atoms with Crippen molar-refractivity contribution in [1.29, 1.82) is 5.26 Å². The highest BCUT2D eigenvalue weighted by atomic mass is 35.5. The van der Waals surface area contributed by atoms with E-state index in [1.54, 1.807) is 13.0 Å². The number of hydrogen-bond acceptors (Lipinski definition) is 6. The number of pyridine rings is 1. The van der Waals surface area contributed by atoms with Gasteiger partial charge in [0.2, 0.25) is 0 Å². The number of rotatable bonds is 7. The van der Waals surface area contributed by atoms with Crippen LogP contribution in [-0.4, -0.2) is 53.7 Å². The molecular weight excluding hydrogens is 493 g/mol. The number of halogens is 4. The average molecular weight is 511 g/mol. The van der Waals surface area contributed by atoms with Gasteiger partial charge in [-0.05, 0) is 37.3 Å². The molecule has 3 rings (SSSR count). The Labute approximate surface area is 201 Å². The molecule has 0 radical (unpaired) electrons. The molecule has 178 valence electrons. The molecule has 0 fully saturated rings. The van der Waals surface area contributed by atoms with Crippen LogP contribution >= 0.6 is 11.6 Å². The summed E-state index contributed by atoms with van der Waals surface area (Å²) < 4.78 is 52.9. The summed E-state index contributed by atoms with van der Waals surface area (Å²) in [6.07, 6.45) is -0.646. The minimum absolute atomic E-state index is 0.0232. The van der Waals surface area contributed by atoms with Gasteiger partial charge in [-0.3, -0.25) is 4.79 Å². The average Bonchev–Trinajstić information content (AvgIpc) is 3.27. The van der Waals surface area contributed by atoms with E-state index in [9.17, 15) is 22.5 Å². The van der Waals surface area contributed by atoms with Gasteiger partial charge in [-0.2, -0.15) is 28.2 Å². The molecule has 0 spiro atoms. The number of aromatic nitrogens is 4. The van der Waals surface area contributed by atoms with Crippen LogP contribution in [0.2, 0.25) is 5.02 Å². The summed E-state index contributed by atoms with van der Waals surface area (Å²) in [6.45, 7) is 1.60. The first-order valence-electron chi connectivity index (χ1n) is 9.76. The van der Waals surface area contributed by atoms with Crippen LogP contribution in [0.15, 0.2) is 42.9 Å². The summed E-state index contributed by atoms with van der Waals surface area (Å²) in [5, 5.41) is 12.8. The number of hydrogen-bond donors (Lipinski definition) is 0. The zero-order valence-corrected chi connectivity index (χ0v) is 19.5. The molecule has 0 bridgehead atoms. The van der Waals surface area contributed by atoms with Crippen LogP contribution in [0.3, 0.4) is 0 Å². The van der Waals surface area contributed by atoms with Crippen molar-refractivity contribution in [2.45, 2.75) is 19.1 Å². The number of nitriles is 1. The second-order valence-corrected chi connectivity index (χ2v) is 9.22. The van der Waals surface area contributed by atoms with Gasteiger partial charge < -0.3 is 9.45 Å². The summed E-state index contributed by atoms with van der Waals surface area (Å²) in [5.41, 5.74) is -0.988. The summed E-state index contributed by atoms with van der Waals surface area (Å²) in [7, 11) is 0. The molecule has 0 N–H and O–H groups in total. The lowest BCUT2D eigenvalue weighted by atomic mass is 10.1. The first kappa shape index (κ1) is 25.5. The normalized spacial score (nSPS) is 13.2.